The Morgan fingerprint density at radius 1 is 1.05 bits per heavy atom. The Balaban J connectivity index is 1.97. The number of hydrogen-bond donors (Lipinski definition) is 0. The molecule has 0 saturated heterocycles. The van der Waals surface area contributed by atoms with Crippen molar-refractivity contribution >= 4 is 23.3 Å². The van der Waals surface area contributed by atoms with Crippen molar-refractivity contribution in [3.8, 4) is 0 Å². The Morgan fingerprint density at radius 2 is 1.81 bits per heavy atom. The summed E-state index contributed by atoms with van der Waals surface area (Å²) in [5.41, 5.74) is 5.47. The molecule has 1 aromatic heterocycles. The van der Waals surface area contributed by atoms with Crippen LogP contribution >= 0.6 is 0 Å². The Morgan fingerprint density at radius 3 is 2.57 bits per heavy atom. The van der Waals surface area contributed by atoms with Gasteiger partial charge in [0.2, 0.25) is 0 Å². The zero-order valence-corrected chi connectivity index (χ0v) is 11.8. The fourth-order valence-electron chi connectivity index (χ4n) is 3.18. The molecule has 1 aliphatic heterocycles. The third kappa shape index (κ3) is 1.76. The van der Waals surface area contributed by atoms with Crippen LogP contribution in [0.2, 0.25) is 0 Å². The Kier molecular flexibility index (Phi) is 2.58. The highest BCUT2D eigenvalue weighted by atomic mass is 16.1. The number of para-hydroxylation sites is 1. The molecule has 102 valence electrons. The first-order valence-electron chi connectivity index (χ1n) is 7.11. The van der Waals surface area contributed by atoms with Crippen LogP contribution in [0.25, 0.3) is 17.0 Å². The summed E-state index contributed by atoms with van der Waals surface area (Å²) in [4.78, 5) is 11.5. The molecule has 1 atom stereocenters. The van der Waals surface area contributed by atoms with Crippen molar-refractivity contribution in [3.05, 3.63) is 77.0 Å². The zero-order chi connectivity index (χ0) is 14.4. The highest BCUT2D eigenvalue weighted by Gasteiger charge is 2.27. The molecule has 0 fully saturated rings. The molecule has 0 amide bonds. The minimum atomic E-state index is -0.0157. The lowest BCUT2D eigenvalue weighted by Gasteiger charge is -2.18. The highest BCUT2D eigenvalue weighted by Crippen LogP contribution is 2.38. The van der Waals surface area contributed by atoms with Gasteiger partial charge in [-0.05, 0) is 30.7 Å². The van der Waals surface area contributed by atoms with Crippen LogP contribution in [0.15, 0.2) is 60.2 Å². The van der Waals surface area contributed by atoms with Crippen LogP contribution in [0.3, 0.4) is 0 Å². The summed E-state index contributed by atoms with van der Waals surface area (Å²) < 4.78 is 2.25. The van der Waals surface area contributed by atoms with Crippen LogP contribution in [0.4, 0.5) is 0 Å². The van der Waals surface area contributed by atoms with E-state index < -0.39 is 0 Å². The van der Waals surface area contributed by atoms with E-state index in [0.29, 0.717) is 0 Å². The molecule has 0 N–H and O–H groups in total. The lowest BCUT2D eigenvalue weighted by atomic mass is 9.99. The second-order valence-corrected chi connectivity index (χ2v) is 5.57. The fourth-order valence-corrected chi connectivity index (χ4v) is 3.18. The van der Waals surface area contributed by atoms with E-state index in [1.54, 1.807) is 0 Å². The maximum absolute atomic E-state index is 11.5. The van der Waals surface area contributed by atoms with E-state index in [0.717, 1.165) is 23.1 Å². The molecule has 3 aromatic rings. The lowest BCUT2D eigenvalue weighted by Crippen LogP contribution is -2.10. The first-order valence-corrected chi connectivity index (χ1v) is 7.11. The van der Waals surface area contributed by atoms with Gasteiger partial charge in [0.15, 0.2) is 0 Å². The Hall–Kier alpha value is -2.61. The fraction of sp³-hybridized carbons (Fsp3) is 0.105. The predicted molar refractivity (Wildman–Crippen MR) is 85.3 cm³/mol. The van der Waals surface area contributed by atoms with Crippen molar-refractivity contribution in [3.63, 3.8) is 0 Å². The van der Waals surface area contributed by atoms with Gasteiger partial charge in [-0.25, -0.2) is 0 Å². The molecule has 21 heavy (non-hydrogen) atoms. The molecule has 2 nitrogen and oxygen atoms in total. The van der Waals surface area contributed by atoms with Gasteiger partial charge in [-0.1, -0.05) is 48.0 Å². The molecule has 2 aromatic carbocycles. The number of nitrogens with zero attached hydrogens (tertiary/aromatic N) is 1. The number of aldehydes is 1. The molecule has 0 bridgehead atoms. The molecule has 1 aliphatic rings. The summed E-state index contributed by atoms with van der Waals surface area (Å²) in [5.74, 6) is 0. The standard InChI is InChI=1S/C19H15NO/c1-13-6-8-14(9-7-13)19-16(12-21)11-17-10-15-4-2-3-5-18(15)20(17)19/h2-12,19H,1H3/t19-/m1/s1. The van der Waals surface area contributed by atoms with E-state index in [4.69, 9.17) is 0 Å². The summed E-state index contributed by atoms with van der Waals surface area (Å²) in [5, 5.41) is 1.21. The van der Waals surface area contributed by atoms with E-state index in [2.05, 4.69) is 54.0 Å². The van der Waals surface area contributed by atoms with Gasteiger partial charge >= 0.3 is 0 Å². The summed E-state index contributed by atoms with van der Waals surface area (Å²) in [6.45, 7) is 2.07. The molecule has 4 rings (SSSR count). The summed E-state index contributed by atoms with van der Waals surface area (Å²) in [6.07, 6.45) is 2.98. The van der Waals surface area contributed by atoms with Crippen molar-refractivity contribution in [1.82, 2.24) is 4.57 Å². The zero-order valence-electron chi connectivity index (χ0n) is 11.8. The topological polar surface area (TPSA) is 22.0 Å². The van der Waals surface area contributed by atoms with Gasteiger partial charge in [0, 0.05) is 22.2 Å². The van der Waals surface area contributed by atoms with Crippen LogP contribution < -0.4 is 0 Å². The third-order valence-corrected chi connectivity index (χ3v) is 4.20. The first-order chi connectivity index (χ1) is 10.3. The van der Waals surface area contributed by atoms with Gasteiger partial charge in [0.05, 0.1) is 6.04 Å². The number of rotatable bonds is 2. The maximum atomic E-state index is 11.5. The number of fused-ring (bicyclic) bond motifs is 3. The lowest BCUT2D eigenvalue weighted by molar-refractivity contribution is -0.105. The van der Waals surface area contributed by atoms with E-state index in [1.165, 1.54) is 16.5 Å². The number of benzene rings is 2. The third-order valence-electron chi connectivity index (χ3n) is 4.20. The van der Waals surface area contributed by atoms with Gasteiger partial charge in [0.25, 0.3) is 0 Å². The van der Waals surface area contributed by atoms with E-state index >= 15 is 0 Å². The average Bonchev–Trinajstić information content (AvgIpc) is 3.03. The van der Waals surface area contributed by atoms with Gasteiger partial charge in [0.1, 0.15) is 6.29 Å². The second kappa shape index (κ2) is 4.45. The quantitative estimate of drug-likeness (QED) is 0.643. The normalized spacial score (nSPS) is 16.8. The highest BCUT2D eigenvalue weighted by molar-refractivity contribution is 5.92. The number of hydrogen-bond acceptors (Lipinski definition) is 1. The Labute approximate surface area is 123 Å². The Bertz CT molecular complexity index is 868. The smallest absolute Gasteiger partial charge is 0.148 e. The van der Waals surface area contributed by atoms with Crippen molar-refractivity contribution in [2.75, 3.05) is 0 Å². The van der Waals surface area contributed by atoms with Crippen molar-refractivity contribution in [2.24, 2.45) is 0 Å². The number of allylic oxidation sites excluding steroid dienone is 1. The average molecular weight is 273 g/mol. The van der Waals surface area contributed by atoms with Gasteiger partial charge in [-0.3, -0.25) is 4.79 Å². The van der Waals surface area contributed by atoms with Crippen molar-refractivity contribution < 1.29 is 4.79 Å². The first kappa shape index (κ1) is 12.2. The van der Waals surface area contributed by atoms with Crippen LogP contribution in [0, 0.1) is 6.92 Å². The molecule has 0 saturated carbocycles. The van der Waals surface area contributed by atoms with Gasteiger partial charge < -0.3 is 4.57 Å². The SMILES string of the molecule is Cc1ccc([C@@H]2C(C=O)=Cc3cc4ccccc4n32)cc1. The van der Waals surface area contributed by atoms with Gasteiger partial charge in [-0.2, -0.15) is 0 Å². The number of aromatic nitrogens is 1. The van der Waals surface area contributed by atoms with Crippen molar-refractivity contribution in [1.29, 1.82) is 0 Å². The summed E-state index contributed by atoms with van der Waals surface area (Å²) in [6, 6.07) is 18.9. The van der Waals surface area contributed by atoms with Crippen LogP contribution in [0.5, 0.6) is 0 Å². The van der Waals surface area contributed by atoms with Crippen LogP contribution in [-0.2, 0) is 4.79 Å². The molecular formula is C19H15NO. The molecule has 0 radical (unpaired) electrons. The molecule has 0 unspecified atom stereocenters. The minimum absolute atomic E-state index is 0.0157. The number of aryl methyl sites for hydroxylation is 1. The van der Waals surface area contributed by atoms with Gasteiger partial charge in [-0.15, -0.1) is 0 Å². The minimum Gasteiger partial charge on any atom is -0.329 e. The number of carbonyl (C=O) groups excluding carboxylic acids is 1. The maximum Gasteiger partial charge on any atom is 0.148 e. The van der Waals surface area contributed by atoms with E-state index in [1.807, 2.05) is 18.2 Å². The summed E-state index contributed by atoms with van der Waals surface area (Å²) in [7, 11) is 0. The largest absolute Gasteiger partial charge is 0.329 e. The van der Waals surface area contributed by atoms with Crippen LogP contribution in [0.1, 0.15) is 22.9 Å². The monoisotopic (exact) mass is 273 g/mol. The molecule has 0 aliphatic carbocycles. The molecular weight excluding hydrogens is 258 g/mol. The summed E-state index contributed by atoms with van der Waals surface area (Å²) >= 11 is 0. The number of carbonyl (C=O) groups is 1. The predicted octanol–water partition coefficient (Wildman–Crippen LogP) is 4.14. The van der Waals surface area contributed by atoms with Crippen LogP contribution in [-0.4, -0.2) is 10.9 Å². The molecule has 2 heterocycles. The van der Waals surface area contributed by atoms with Crippen molar-refractivity contribution in [2.45, 2.75) is 13.0 Å². The second-order valence-electron chi connectivity index (χ2n) is 5.57. The van der Waals surface area contributed by atoms with E-state index in [9.17, 15) is 4.79 Å². The molecule has 2 heteroatoms. The molecule has 0 spiro atoms. The van der Waals surface area contributed by atoms with E-state index in [-0.39, 0.29) is 6.04 Å².